The van der Waals surface area contributed by atoms with Gasteiger partial charge in [0.25, 0.3) is 0 Å². The van der Waals surface area contributed by atoms with Crippen LogP contribution in [0.1, 0.15) is 12.5 Å². The SMILES string of the molecule is CCNC(=NCCS(=O)Cc1ccccc1)N1CCN(c2ccccc2O)CC1.I. The Kier molecular flexibility index (Phi) is 10.4. The van der Waals surface area contributed by atoms with Crippen molar-refractivity contribution in [2.45, 2.75) is 12.7 Å². The molecule has 0 spiro atoms. The van der Waals surface area contributed by atoms with Gasteiger partial charge in [0.15, 0.2) is 5.96 Å². The van der Waals surface area contributed by atoms with Crippen molar-refractivity contribution >= 4 is 46.4 Å². The normalized spacial score (nSPS) is 15.4. The first-order valence-electron chi connectivity index (χ1n) is 10.1. The minimum Gasteiger partial charge on any atom is -0.506 e. The second-order valence-corrected chi connectivity index (χ2v) is 8.55. The second-order valence-electron chi connectivity index (χ2n) is 6.97. The molecule has 8 heteroatoms. The molecule has 3 rings (SSSR count). The van der Waals surface area contributed by atoms with Gasteiger partial charge in [0, 0.05) is 55.0 Å². The molecule has 0 saturated carbocycles. The number of hydrogen-bond acceptors (Lipinski definition) is 4. The Hall–Kier alpha value is -1.81. The third kappa shape index (κ3) is 7.16. The molecule has 1 aliphatic heterocycles. The summed E-state index contributed by atoms with van der Waals surface area (Å²) < 4.78 is 12.3. The van der Waals surface area contributed by atoms with E-state index in [-0.39, 0.29) is 24.0 Å². The van der Waals surface area contributed by atoms with E-state index in [0.717, 1.165) is 49.9 Å². The summed E-state index contributed by atoms with van der Waals surface area (Å²) in [6, 6.07) is 17.4. The molecule has 2 aromatic rings. The minimum absolute atomic E-state index is 0. The van der Waals surface area contributed by atoms with Crippen LogP contribution in [0.15, 0.2) is 59.6 Å². The summed E-state index contributed by atoms with van der Waals surface area (Å²) in [5.74, 6) is 2.33. The quantitative estimate of drug-likeness (QED) is 0.320. The smallest absolute Gasteiger partial charge is 0.194 e. The lowest BCUT2D eigenvalue weighted by molar-refractivity contribution is 0.370. The van der Waals surface area contributed by atoms with Crippen LogP contribution in [0.5, 0.6) is 5.75 Å². The average Bonchev–Trinajstić information content (AvgIpc) is 2.74. The Bertz CT molecular complexity index is 827. The molecule has 2 aromatic carbocycles. The number of hydrogen-bond donors (Lipinski definition) is 2. The predicted molar refractivity (Wildman–Crippen MR) is 136 cm³/mol. The topological polar surface area (TPSA) is 68.2 Å². The lowest BCUT2D eigenvalue weighted by Gasteiger charge is -2.37. The lowest BCUT2D eigenvalue weighted by Crippen LogP contribution is -2.52. The molecule has 0 amide bonds. The van der Waals surface area contributed by atoms with Gasteiger partial charge in [-0.3, -0.25) is 9.20 Å². The van der Waals surface area contributed by atoms with Gasteiger partial charge in [0.2, 0.25) is 0 Å². The third-order valence-electron chi connectivity index (χ3n) is 4.89. The highest BCUT2D eigenvalue weighted by atomic mass is 127. The van der Waals surface area contributed by atoms with Crippen LogP contribution in [-0.2, 0) is 16.6 Å². The number of anilines is 1. The van der Waals surface area contributed by atoms with E-state index in [9.17, 15) is 9.32 Å². The van der Waals surface area contributed by atoms with Crippen molar-refractivity contribution in [2.24, 2.45) is 4.99 Å². The standard InChI is InChI=1S/C22H30N4O2S.HI/c1-2-23-22(24-12-17-29(28)18-19-8-4-3-5-9-19)26-15-13-25(14-16-26)20-10-6-7-11-21(20)27;/h3-11,27H,2,12-18H2,1H3,(H,23,24);1H. The van der Waals surface area contributed by atoms with Gasteiger partial charge < -0.3 is 20.2 Å². The number of benzene rings is 2. The number of aromatic hydroxyl groups is 1. The first-order valence-corrected chi connectivity index (χ1v) is 11.6. The Morgan fingerprint density at radius 1 is 1.07 bits per heavy atom. The summed E-state index contributed by atoms with van der Waals surface area (Å²) >= 11 is 0. The molecule has 1 fully saturated rings. The van der Waals surface area contributed by atoms with E-state index in [1.54, 1.807) is 6.07 Å². The van der Waals surface area contributed by atoms with Crippen molar-refractivity contribution in [3.8, 4) is 5.75 Å². The highest BCUT2D eigenvalue weighted by molar-refractivity contribution is 14.0. The van der Waals surface area contributed by atoms with E-state index in [1.807, 2.05) is 48.5 Å². The third-order valence-corrected chi connectivity index (χ3v) is 6.18. The average molecular weight is 542 g/mol. The summed E-state index contributed by atoms with van der Waals surface area (Å²) in [4.78, 5) is 9.14. The van der Waals surface area contributed by atoms with Crippen molar-refractivity contribution in [1.29, 1.82) is 0 Å². The van der Waals surface area contributed by atoms with E-state index in [4.69, 9.17) is 4.99 Å². The molecule has 6 nitrogen and oxygen atoms in total. The van der Waals surface area contributed by atoms with Gasteiger partial charge >= 0.3 is 0 Å². The van der Waals surface area contributed by atoms with Crippen molar-refractivity contribution in [3.63, 3.8) is 0 Å². The molecule has 0 bridgehead atoms. The van der Waals surface area contributed by atoms with Crippen molar-refractivity contribution in [1.82, 2.24) is 10.2 Å². The van der Waals surface area contributed by atoms with Crippen molar-refractivity contribution < 1.29 is 9.32 Å². The van der Waals surface area contributed by atoms with E-state index in [0.29, 0.717) is 23.8 Å². The number of rotatable bonds is 7. The van der Waals surface area contributed by atoms with Crippen LogP contribution in [0.25, 0.3) is 0 Å². The van der Waals surface area contributed by atoms with Crippen LogP contribution >= 0.6 is 24.0 Å². The van der Waals surface area contributed by atoms with Crippen molar-refractivity contribution in [3.05, 3.63) is 60.2 Å². The van der Waals surface area contributed by atoms with E-state index >= 15 is 0 Å². The molecular formula is C22H31IN4O2S. The van der Waals surface area contributed by atoms with Crippen LogP contribution in [0.3, 0.4) is 0 Å². The first kappa shape index (κ1) is 24.5. The van der Waals surface area contributed by atoms with Gasteiger partial charge in [-0.1, -0.05) is 42.5 Å². The highest BCUT2D eigenvalue weighted by Gasteiger charge is 2.21. The van der Waals surface area contributed by atoms with E-state index in [1.165, 1.54) is 0 Å². The Labute approximate surface area is 198 Å². The molecule has 30 heavy (non-hydrogen) atoms. The zero-order valence-corrected chi connectivity index (χ0v) is 20.5. The fourth-order valence-electron chi connectivity index (χ4n) is 3.40. The fourth-order valence-corrected chi connectivity index (χ4v) is 4.41. The summed E-state index contributed by atoms with van der Waals surface area (Å²) in [5, 5.41) is 13.4. The molecular weight excluding hydrogens is 511 g/mol. The molecule has 0 aliphatic carbocycles. The Morgan fingerprint density at radius 3 is 2.40 bits per heavy atom. The molecule has 0 radical (unpaired) electrons. The van der Waals surface area contributed by atoms with Crippen molar-refractivity contribution in [2.75, 3.05) is 49.9 Å². The second kappa shape index (κ2) is 12.8. The number of nitrogens with zero attached hydrogens (tertiary/aromatic N) is 3. The highest BCUT2D eigenvalue weighted by Crippen LogP contribution is 2.27. The minimum atomic E-state index is -0.919. The summed E-state index contributed by atoms with van der Waals surface area (Å²) in [7, 11) is -0.919. The number of phenolic OH excluding ortho intramolecular Hbond substituents is 1. The summed E-state index contributed by atoms with van der Waals surface area (Å²) in [6.45, 7) is 6.69. The van der Waals surface area contributed by atoms with Gasteiger partial charge in [-0.05, 0) is 24.6 Å². The largest absolute Gasteiger partial charge is 0.506 e. The number of nitrogens with one attached hydrogen (secondary N) is 1. The van der Waals surface area contributed by atoms with Gasteiger partial charge in [-0.2, -0.15) is 0 Å². The maximum atomic E-state index is 12.3. The van der Waals surface area contributed by atoms with Gasteiger partial charge in [0.05, 0.1) is 12.2 Å². The Morgan fingerprint density at radius 2 is 1.73 bits per heavy atom. The molecule has 164 valence electrons. The summed E-state index contributed by atoms with van der Waals surface area (Å²) in [5.41, 5.74) is 1.98. The number of halogens is 1. The fraction of sp³-hybridized carbons (Fsp3) is 0.409. The number of phenols is 1. The Balaban J connectivity index is 0.00000320. The van der Waals surface area contributed by atoms with Gasteiger partial charge in [0.1, 0.15) is 5.75 Å². The molecule has 1 unspecified atom stereocenters. The maximum Gasteiger partial charge on any atom is 0.194 e. The monoisotopic (exact) mass is 542 g/mol. The number of guanidine groups is 1. The number of aliphatic imine (C=N–C) groups is 1. The zero-order chi connectivity index (χ0) is 20.5. The lowest BCUT2D eigenvalue weighted by atomic mass is 10.2. The summed E-state index contributed by atoms with van der Waals surface area (Å²) in [6.07, 6.45) is 0. The van der Waals surface area contributed by atoms with Crippen LogP contribution in [0.4, 0.5) is 5.69 Å². The van der Waals surface area contributed by atoms with E-state index < -0.39 is 10.8 Å². The molecule has 1 aliphatic rings. The van der Waals surface area contributed by atoms with Crippen LogP contribution in [0, 0.1) is 0 Å². The van der Waals surface area contributed by atoms with Gasteiger partial charge in [-0.15, -0.1) is 24.0 Å². The van der Waals surface area contributed by atoms with Crippen LogP contribution < -0.4 is 10.2 Å². The molecule has 1 heterocycles. The number of para-hydroxylation sites is 2. The van der Waals surface area contributed by atoms with Gasteiger partial charge in [-0.25, -0.2) is 0 Å². The molecule has 1 atom stereocenters. The first-order chi connectivity index (χ1) is 14.2. The zero-order valence-electron chi connectivity index (χ0n) is 17.4. The van der Waals surface area contributed by atoms with Crippen LogP contribution in [-0.4, -0.2) is 65.2 Å². The molecule has 0 aromatic heterocycles. The van der Waals surface area contributed by atoms with E-state index in [2.05, 4.69) is 22.0 Å². The predicted octanol–water partition coefficient (Wildman–Crippen LogP) is 3.05. The maximum absolute atomic E-state index is 12.3. The van der Waals surface area contributed by atoms with Crippen LogP contribution in [0.2, 0.25) is 0 Å². The molecule has 1 saturated heterocycles. The number of piperazine rings is 1. The molecule has 2 N–H and O–H groups in total.